The van der Waals surface area contributed by atoms with Crippen LogP contribution in [0.2, 0.25) is 0 Å². The molecule has 0 saturated heterocycles. The highest BCUT2D eigenvalue weighted by atomic mass is 16.9. The van der Waals surface area contributed by atoms with Gasteiger partial charge in [0.2, 0.25) is 0 Å². The Kier molecular flexibility index (Phi) is 5.85. The monoisotopic (exact) mass is 425 g/mol. The Morgan fingerprint density at radius 1 is 0.806 bits per heavy atom. The van der Waals surface area contributed by atoms with Gasteiger partial charge in [-0.3, -0.25) is 30.2 Å². The number of rotatable bonds is 10. The molecule has 4 rings (SSSR count). The SMILES string of the molecule is O=[N+]([O-])c1ccc(ONOc2ccc([N+](=O)[O-])cc2C=NC2CC2)c(C=NC2CC2)c1. The Labute approximate surface area is 176 Å². The van der Waals surface area contributed by atoms with Crippen molar-refractivity contribution in [2.45, 2.75) is 37.8 Å². The van der Waals surface area contributed by atoms with Gasteiger partial charge in [-0.15, -0.1) is 0 Å². The summed E-state index contributed by atoms with van der Waals surface area (Å²) in [5.41, 5.74) is 3.03. The highest BCUT2D eigenvalue weighted by Gasteiger charge is 2.21. The second-order valence-electron chi connectivity index (χ2n) is 7.26. The summed E-state index contributed by atoms with van der Waals surface area (Å²) >= 11 is 0. The first kappa shape index (κ1) is 20.4. The smallest absolute Gasteiger partial charge is 0.270 e. The molecule has 2 fully saturated rings. The summed E-state index contributed by atoms with van der Waals surface area (Å²) in [4.78, 5) is 40.7. The summed E-state index contributed by atoms with van der Waals surface area (Å²) in [5.74, 6) is 0.565. The number of nitrogens with one attached hydrogen (secondary N) is 1. The predicted molar refractivity (Wildman–Crippen MR) is 112 cm³/mol. The third-order valence-electron chi connectivity index (χ3n) is 4.65. The Hall–Kier alpha value is -3.86. The average Bonchev–Trinajstić information content (AvgIpc) is 3.67. The molecular formula is C20H19N5O6. The number of hydrogen-bond donors (Lipinski definition) is 1. The largest absolute Gasteiger partial charge is 0.373 e. The Morgan fingerprint density at radius 3 is 1.58 bits per heavy atom. The molecule has 2 saturated carbocycles. The van der Waals surface area contributed by atoms with E-state index in [1.54, 1.807) is 12.4 Å². The highest BCUT2D eigenvalue weighted by Crippen LogP contribution is 2.28. The average molecular weight is 425 g/mol. The molecule has 0 bridgehead atoms. The summed E-state index contributed by atoms with van der Waals surface area (Å²) in [6.45, 7) is 0. The fourth-order valence-corrected chi connectivity index (χ4v) is 2.62. The molecule has 1 N–H and O–H groups in total. The van der Waals surface area contributed by atoms with Crippen LogP contribution in [-0.4, -0.2) is 34.4 Å². The minimum absolute atomic E-state index is 0.0838. The number of nitro groups is 2. The van der Waals surface area contributed by atoms with Gasteiger partial charge in [0.05, 0.1) is 21.9 Å². The molecule has 2 aromatic carbocycles. The van der Waals surface area contributed by atoms with E-state index >= 15 is 0 Å². The van der Waals surface area contributed by atoms with Crippen molar-refractivity contribution < 1.29 is 19.5 Å². The summed E-state index contributed by atoms with van der Waals surface area (Å²) in [5, 5.41) is 22.1. The fourth-order valence-electron chi connectivity index (χ4n) is 2.62. The molecule has 0 spiro atoms. The van der Waals surface area contributed by atoms with Crippen molar-refractivity contribution in [2.75, 3.05) is 0 Å². The van der Waals surface area contributed by atoms with Crippen LogP contribution in [0.15, 0.2) is 46.4 Å². The maximum atomic E-state index is 11.1. The molecule has 2 aliphatic carbocycles. The minimum atomic E-state index is -0.496. The van der Waals surface area contributed by atoms with Gasteiger partial charge in [0.1, 0.15) is 0 Å². The van der Waals surface area contributed by atoms with Crippen LogP contribution >= 0.6 is 0 Å². The zero-order valence-corrected chi connectivity index (χ0v) is 16.3. The molecule has 0 aromatic heterocycles. The van der Waals surface area contributed by atoms with Crippen LogP contribution in [-0.2, 0) is 0 Å². The minimum Gasteiger partial charge on any atom is -0.373 e. The summed E-state index contributed by atoms with van der Waals surface area (Å²) in [6, 6.07) is 8.71. The molecule has 160 valence electrons. The van der Waals surface area contributed by atoms with Crippen LogP contribution in [0.3, 0.4) is 0 Å². The van der Waals surface area contributed by atoms with Gasteiger partial charge in [-0.25, -0.2) is 0 Å². The second kappa shape index (κ2) is 8.88. The lowest BCUT2D eigenvalue weighted by Gasteiger charge is -2.11. The van der Waals surface area contributed by atoms with E-state index in [-0.39, 0.29) is 35.0 Å². The molecule has 2 aliphatic rings. The molecular weight excluding hydrogens is 406 g/mol. The molecule has 2 aromatic rings. The van der Waals surface area contributed by atoms with Crippen LogP contribution in [0.1, 0.15) is 36.8 Å². The van der Waals surface area contributed by atoms with Gasteiger partial charge in [-0.1, -0.05) is 0 Å². The van der Waals surface area contributed by atoms with E-state index in [4.69, 9.17) is 9.68 Å². The third-order valence-corrected chi connectivity index (χ3v) is 4.65. The van der Waals surface area contributed by atoms with E-state index < -0.39 is 9.85 Å². The first-order valence-electron chi connectivity index (χ1n) is 9.71. The van der Waals surface area contributed by atoms with Gasteiger partial charge in [-0.05, 0) is 37.8 Å². The molecule has 0 atom stereocenters. The molecule has 0 unspecified atom stereocenters. The maximum Gasteiger partial charge on any atom is 0.270 e. The lowest BCUT2D eigenvalue weighted by Crippen LogP contribution is -2.24. The van der Waals surface area contributed by atoms with E-state index in [1.807, 2.05) is 0 Å². The van der Waals surface area contributed by atoms with Gasteiger partial charge < -0.3 is 9.68 Å². The van der Waals surface area contributed by atoms with Crippen LogP contribution in [0, 0.1) is 20.2 Å². The fraction of sp³-hybridized carbons (Fsp3) is 0.300. The molecule has 11 nitrogen and oxygen atoms in total. The summed E-state index contributed by atoms with van der Waals surface area (Å²) < 4.78 is 0. The second-order valence-corrected chi connectivity index (χ2v) is 7.26. The van der Waals surface area contributed by atoms with E-state index in [0.29, 0.717) is 11.1 Å². The van der Waals surface area contributed by atoms with Crippen molar-refractivity contribution in [1.82, 2.24) is 5.64 Å². The van der Waals surface area contributed by atoms with E-state index in [9.17, 15) is 20.2 Å². The molecule has 0 heterocycles. The maximum absolute atomic E-state index is 11.1. The van der Waals surface area contributed by atoms with Crippen molar-refractivity contribution in [3.8, 4) is 11.5 Å². The van der Waals surface area contributed by atoms with Gasteiger partial charge in [-0.2, -0.15) is 0 Å². The van der Waals surface area contributed by atoms with Gasteiger partial charge in [0, 0.05) is 53.5 Å². The van der Waals surface area contributed by atoms with Crippen molar-refractivity contribution >= 4 is 23.8 Å². The lowest BCUT2D eigenvalue weighted by atomic mass is 10.2. The first-order valence-corrected chi connectivity index (χ1v) is 9.71. The quantitative estimate of drug-likeness (QED) is 0.348. The molecule has 31 heavy (non-hydrogen) atoms. The van der Waals surface area contributed by atoms with Crippen LogP contribution in [0.5, 0.6) is 11.5 Å². The summed E-state index contributed by atoms with van der Waals surface area (Å²) in [6.07, 6.45) is 7.06. The van der Waals surface area contributed by atoms with E-state index in [0.717, 1.165) is 25.7 Å². The number of benzene rings is 2. The standard InChI is InChI=1S/C20H19N5O6/c26-24(27)17-5-7-19(13(9-17)11-21-15-1-2-15)30-23-31-20-8-6-18(25(28)29)10-14(20)12-22-16-3-4-16/h5-12,15-16,23H,1-4H2. The van der Waals surface area contributed by atoms with Crippen LogP contribution in [0.4, 0.5) is 11.4 Å². The molecule has 11 heteroatoms. The Bertz CT molecular complexity index is 979. The number of nitrogens with zero attached hydrogens (tertiary/aromatic N) is 4. The molecule has 0 aliphatic heterocycles. The zero-order chi connectivity index (χ0) is 21.8. The number of non-ortho nitro benzene ring substituents is 2. The van der Waals surface area contributed by atoms with Crippen LogP contribution in [0.25, 0.3) is 0 Å². The Balaban J connectivity index is 1.48. The first-order chi connectivity index (χ1) is 15.0. The van der Waals surface area contributed by atoms with Crippen molar-refractivity contribution in [2.24, 2.45) is 9.98 Å². The normalized spacial score (nSPS) is 16.0. The van der Waals surface area contributed by atoms with Crippen molar-refractivity contribution in [1.29, 1.82) is 0 Å². The highest BCUT2D eigenvalue weighted by molar-refractivity contribution is 5.85. The number of nitro benzene ring substituents is 2. The van der Waals surface area contributed by atoms with Crippen molar-refractivity contribution in [3.05, 3.63) is 67.8 Å². The third kappa shape index (κ3) is 5.60. The lowest BCUT2D eigenvalue weighted by molar-refractivity contribution is -0.385. The van der Waals surface area contributed by atoms with Crippen molar-refractivity contribution in [3.63, 3.8) is 0 Å². The Morgan fingerprint density at radius 2 is 1.23 bits per heavy atom. The van der Waals surface area contributed by atoms with E-state index in [2.05, 4.69) is 15.6 Å². The number of aliphatic imine (C=N–C) groups is 2. The zero-order valence-electron chi connectivity index (χ0n) is 16.3. The van der Waals surface area contributed by atoms with E-state index in [1.165, 1.54) is 36.4 Å². The van der Waals surface area contributed by atoms with Crippen LogP contribution < -0.4 is 15.3 Å². The summed E-state index contributed by atoms with van der Waals surface area (Å²) in [7, 11) is 0. The number of hydrogen-bond acceptors (Lipinski definition) is 9. The topological polar surface area (TPSA) is 141 Å². The predicted octanol–water partition coefficient (Wildman–Crippen LogP) is 3.54. The van der Waals surface area contributed by atoms with Gasteiger partial charge >= 0.3 is 0 Å². The van der Waals surface area contributed by atoms with Gasteiger partial charge in [0.15, 0.2) is 11.5 Å². The van der Waals surface area contributed by atoms with Gasteiger partial charge in [0.25, 0.3) is 11.4 Å². The molecule has 0 radical (unpaired) electrons. The molecule has 0 amide bonds.